The molecule has 0 saturated heterocycles. The van der Waals surface area contributed by atoms with Crippen LogP contribution in [0.15, 0.2) is 36.5 Å². The van der Waals surface area contributed by atoms with E-state index in [2.05, 4.69) is 31.0 Å². The molecule has 14 heavy (non-hydrogen) atoms. The summed E-state index contributed by atoms with van der Waals surface area (Å²) >= 11 is 0. The van der Waals surface area contributed by atoms with E-state index in [4.69, 9.17) is 4.74 Å². The Hall–Kier alpha value is -1.44. The van der Waals surface area contributed by atoms with Crippen LogP contribution in [0.25, 0.3) is 0 Å². The molecular formula is C12H17NO. The third-order valence-electron chi connectivity index (χ3n) is 2.13. The topological polar surface area (TPSA) is 21.3 Å². The zero-order valence-electron chi connectivity index (χ0n) is 8.84. The van der Waals surface area contributed by atoms with Crippen molar-refractivity contribution in [1.29, 1.82) is 0 Å². The quantitative estimate of drug-likeness (QED) is 0.772. The van der Waals surface area contributed by atoms with Crippen molar-refractivity contribution in [2.24, 2.45) is 0 Å². The molecule has 1 aromatic carbocycles. The molecule has 0 radical (unpaired) electrons. The molecule has 0 amide bonds. The third kappa shape index (κ3) is 3.13. The van der Waals surface area contributed by atoms with Crippen LogP contribution in [0.2, 0.25) is 0 Å². The minimum Gasteiger partial charge on any atom is -0.497 e. The van der Waals surface area contributed by atoms with Crippen molar-refractivity contribution >= 4 is 0 Å². The minimum absolute atomic E-state index is 0.830. The highest BCUT2D eigenvalue weighted by Crippen LogP contribution is 2.11. The van der Waals surface area contributed by atoms with E-state index in [9.17, 15) is 0 Å². The Balaban J connectivity index is 2.47. The van der Waals surface area contributed by atoms with Crippen LogP contribution in [0.1, 0.15) is 18.9 Å². The van der Waals surface area contributed by atoms with E-state index in [-0.39, 0.29) is 0 Å². The maximum atomic E-state index is 5.08. The summed E-state index contributed by atoms with van der Waals surface area (Å²) in [5.41, 5.74) is 2.31. The van der Waals surface area contributed by atoms with Gasteiger partial charge >= 0.3 is 0 Å². The van der Waals surface area contributed by atoms with Gasteiger partial charge in [0, 0.05) is 12.2 Å². The predicted molar refractivity (Wildman–Crippen MR) is 59.3 cm³/mol. The first kappa shape index (κ1) is 10.6. The molecule has 0 fully saturated rings. The van der Waals surface area contributed by atoms with Crippen molar-refractivity contribution in [2.75, 3.05) is 7.11 Å². The first-order valence-corrected chi connectivity index (χ1v) is 4.81. The molecule has 0 atom stereocenters. The lowest BCUT2D eigenvalue weighted by Gasteiger charge is -2.07. The van der Waals surface area contributed by atoms with Crippen molar-refractivity contribution in [3.8, 4) is 5.75 Å². The number of methoxy groups -OCH3 is 1. The van der Waals surface area contributed by atoms with Gasteiger partial charge in [-0.1, -0.05) is 25.6 Å². The van der Waals surface area contributed by atoms with Crippen LogP contribution in [0.3, 0.4) is 0 Å². The number of hydrogen-bond donors (Lipinski definition) is 1. The highest BCUT2D eigenvalue weighted by atomic mass is 16.5. The SMILES string of the molecule is C=C(CC)NCc1ccc(OC)cc1. The van der Waals surface area contributed by atoms with Crippen molar-refractivity contribution in [1.82, 2.24) is 5.32 Å². The smallest absolute Gasteiger partial charge is 0.118 e. The summed E-state index contributed by atoms with van der Waals surface area (Å²) in [5.74, 6) is 0.892. The molecule has 1 aromatic rings. The summed E-state index contributed by atoms with van der Waals surface area (Å²) in [6.45, 7) is 6.80. The van der Waals surface area contributed by atoms with E-state index in [0.29, 0.717) is 0 Å². The molecule has 2 nitrogen and oxygen atoms in total. The Bertz CT molecular complexity index is 290. The maximum Gasteiger partial charge on any atom is 0.118 e. The average Bonchev–Trinajstić information content (AvgIpc) is 2.26. The standard InChI is InChI=1S/C12H17NO/c1-4-10(2)13-9-11-5-7-12(14-3)8-6-11/h5-8,13H,2,4,9H2,1,3H3. The van der Waals surface area contributed by atoms with Gasteiger partial charge in [-0.25, -0.2) is 0 Å². The zero-order chi connectivity index (χ0) is 10.4. The molecule has 0 aliphatic heterocycles. The van der Waals surface area contributed by atoms with E-state index in [1.54, 1.807) is 7.11 Å². The average molecular weight is 191 g/mol. The summed E-state index contributed by atoms with van der Waals surface area (Å²) in [6.07, 6.45) is 0.968. The van der Waals surface area contributed by atoms with Gasteiger partial charge < -0.3 is 10.1 Å². The molecule has 1 rings (SSSR count). The fourth-order valence-electron chi connectivity index (χ4n) is 1.10. The molecule has 0 saturated carbocycles. The van der Waals surface area contributed by atoms with Crippen molar-refractivity contribution in [2.45, 2.75) is 19.9 Å². The number of rotatable bonds is 5. The normalized spacial score (nSPS) is 9.57. The van der Waals surface area contributed by atoms with Gasteiger partial charge in [0.15, 0.2) is 0 Å². The number of nitrogens with one attached hydrogen (secondary N) is 1. The van der Waals surface area contributed by atoms with Gasteiger partial charge in [0.2, 0.25) is 0 Å². The highest BCUT2D eigenvalue weighted by molar-refractivity contribution is 5.27. The van der Waals surface area contributed by atoms with Crippen molar-refractivity contribution < 1.29 is 4.74 Å². The van der Waals surface area contributed by atoms with Gasteiger partial charge in [0.05, 0.1) is 7.11 Å². The van der Waals surface area contributed by atoms with Crippen LogP contribution in [0.5, 0.6) is 5.75 Å². The number of allylic oxidation sites excluding steroid dienone is 1. The molecule has 1 N–H and O–H groups in total. The molecule has 0 bridgehead atoms. The summed E-state index contributed by atoms with van der Waals surface area (Å²) < 4.78 is 5.08. The first-order chi connectivity index (χ1) is 6.76. The molecule has 0 aliphatic rings. The summed E-state index contributed by atoms with van der Waals surface area (Å²) in [5, 5.41) is 3.25. The second kappa shape index (κ2) is 5.32. The van der Waals surface area contributed by atoms with Crippen LogP contribution >= 0.6 is 0 Å². The Morgan fingerprint density at radius 1 is 1.36 bits per heavy atom. The first-order valence-electron chi connectivity index (χ1n) is 4.81. The van der Waals surface area contributed by atoms with E-state index in [1.807, 2.05) is 12.1 Å². The molecule has 0 aromatic heterocycles. The summed E-state index contributed by atoms with van der Waals surface area (Å²) in [7, 11) is 1.67. The van der Waals surface area contributed by atoms with Crippen LogP contribution in [0.4, 0.5) is 0 Å². The number of ether oxygens (including phenoxy) is 1. The van der Waals surface area contributed by atoms with Gasteiger partial charge in [0.25, 0.3) is 0 Å². The van der Waals surface area contributed by atoms with Crippen LogP contribution < -0.4 is 10.1 Å². The monoisotopic (exact) mass is 191 g/mol. The summed E-state index contributed by atoms with van der Waals surface area (Å²) in [6, 6.07) is 8.03. The lowest BCUT2D eigenvalue weighted by atomic mass is 10.2. The van der Waals surface area contributed by atoms with Crippen LogP contribution in [-0.2, 0) is 6.54 Å². The van der Waals surface area contributed by atoms with Crippen LogP contribution in [-0.4, -0.2) is 7.11 Å². The van der Waals surface area contributed by atoms with Gasteiger partial charge in [-0.3, -0.25) is 0 Å². The van der Waals surface area contributed by atoms with Gasteiger partial charge in [-0.2, -0.15) is 0 Å². The minimum atomic E-state index is 0.830. The molecule has 0 unspecified atom stereocenters. The summed E-state index contributed by atoms with van der Waals surface area (Å²) in [4.78, 5) is 0. The Morgan fingerprint density at radius 2 is 2.00 bits per heavy atom. The Kier molecular flexibility index (Phi) is 4.05. The third-order valence-corrected chi connectivity index (χ3v) is 2.13. The highest BCUT2D eigenvalue weighted by Gasteiger charge is 1.94. The molecule has 0 spiro atoms. The number of benzene rings is 1. The van der Waals surface area contributed by atoms with E-state index >= 15 is 0 Å². The van der Waals surface area contributed by atoms with Crippen molar-refractivity contribution in [3.05, 3.63) is 42.1 Å². The fourth-order valence-corrected chi connectivity index (χ4v) is 1.10. The van der Waals surface area contributed by atoms with E-state index < -0.39 is 0 Å². The molecule has 0 aliphatic carbocycles. The number of hydrogen-bond acceptors (Lipinski definition) is 2. The maximum absolute atomic E-state index is 5.08. The Labute approximate surface area is 85.6 Å². The second-order valence-corrected chi connectivity index (χ2v) is 3.16. The molecular weight excluding hydrogens is 174 g/mol. The van der Waals surface area contributed by atoms with Crippen LogP contribution in [0, 0.1) is 0 Å². The lowest BCUT2D eigenvalue weighted by Crippen LogP contribution is -2.10. The molecule has 2 heteroatoms. The van der Waals surface area contributed by atoms with Gasteiger partial charge in [0.1, 0.15) is 5.75 Å². The molecule has 76 valence electrons. The van der Waals surface area contributed by atoms with Gasteiger partial charge in [-0.15, -0.1) is 0 Å². The van der Waals surface area contributed by atoms with Gasteiger partial charge in [-0.05, 0) is 24.1 Å². The molecule has 0 heterocycles. The fraction of sp³-hybridized carbons (Fsp3) is 0.333. The largest absolute Gasteiger partial charge is 0.497 e. The Morgan fingerprint density at radius 3 is 2.50 bits per heavy atom. The van der Waals surface area contributed by atoms with E-state index in [0.717, 1.165) is 24.4 Å². The van der Waals surface area contributed by atoms with E-state index in [1.165, 1.54) is 5.56 Å². The zero-order valence-corrected chi connectivity index (χ0v) is 8.84. The second-order valence-electron chi connectivity index (χ2n) is 3.16. The lowest BCUT2D eigenvalue weighted by molar-refractivity contribution is 0.414. The van der Waals surface area contributed by atoms with Crippen molar-refractivity contribution in [3.63, 3.8) is 0 Å². The predicted octanol–water partition coefficient (Wildman–Crippen LogP) is 2.71.